The van der Waals surface area contributed by atoms with Crippen LogP contribution in [0.25, 0.3) is 11.0 Å². The fraction of sp³-hybridized carbons (Fsp3) is 0.0435. The van der Waals surface area contributed by atoms with Crippen LogP contribution in [0.5, 0.6) is 0 Å². The van der Waals surface area contributed by atoms with E-state index in [0.29, 0.717) is 37.8 Å². The highest BCUT2D eigenvalue weighted by molar-refractivity contribution is 6.31. The maximum absolute atomic E-state index is 13.4. The quantitative estimate of drug-likeness (QED) is 0.407. The molecule has 0 radical (unpaired) electrons. The molecule has 0 spiro atoms. The van der Waals surface area contributed by atoms with E-state index in [1.54, 1.807) is 66.7 Å². The Kier molecular flexibility index (Phi) is 4.19. The fourth-order valence-electron chi connectivity index (χ4n) is 3.80. The number of carbonyl (C=O) groups is 1. The number of para-hydroxylation sites is 1. The number of carbonyl (C=O) groups excluding carboxylic acids is 1. The van der Waals surface area contributed by atoms with Crippen LogP contribution in [0.3, 0.4) is 0 Å². The molecule has 1 aliphatic heterocycles. The SMILES string of the molecule is O=C1c2oc3ccccc3c(=O)c2C(c2cccc(Cl)c2)N1c1cccc(Cl)c1. The molecule has 4 nitrogen and oxygen atoms in total. The molecule has 0 N–H and O–H groups in total. The van der Waals surface area contributed by atoms with Gasteiger partial charge in [0, 0.05) is 15.7 Å². The van der Waals surface area contributed by atoms with Crippen LogP contribution in [0.15, 0.2) is 82.0 Å². The Morgan fingerprint density at radius 3 is 2.31 bits per heavy atom. The Labute approximate surface area is 175 Å². The van der Waals surface area contributed by atoms with Gasteiger partial charge in [-0.2, -0.15) is 0 Å². The highest BCUT2D eigenvalue weighted by Crippen LogP contribution is 2.42. The molecule has 1 unspecified atom stereocenters. The van der Waals surface area contributed by atoms with Crippen molar-refractivity contribution < 1.29 is 9.21 Å². The minimum atomic E-state index is -0.671. The summed E-state index contributed by atoms with van der Waals surface area (Å²) in [7, 11) is 0. The third-order valence-corrected chi connectivity index (χ3v) is 5.50. The fourth-order valence-corrected chi connectivity index (χ4v) is 4.19. The molecular formula is C23H13Cl2NO3. The zero-order valence-corrected chi connectivity index (χ0v) is 16.4. The van der Waals surface area contributed by atoms with Crippen molar-refractivity contribution in [2.24, 2.45) is 0 Å². The van der Waals surface area contributed by atoms with Gasteiger partial charge in [0.1, 0.15) is 5.58 Å². The zero-order chi connectivity index (χ0) is 20.1. The van der Waals surface area contributed by atoms with E-state index in [1.165, 1.54) is 4.90 Å². The number of hydrogen-bond donors (Lipinski definition) is 0. The molecule has 0 saturated heterocycles. The molecule has 1 aliphatic rings. The first-order valence-electron chi connectivity index (χ1n) is 8.95. The molecule has 5 rings (SSSR count). The third-order valence-electron chi connectivity index (χ3n) is 5.03. The maximum atomic E-state index is 13.4. The molecule has 0 saturated carbocycles. The second-order valence-corrected chi connectivity index (χ2v) is 7.66. The molecule has 0 bridgehead atoms. The lowest BCUT2D eigenvalue weighted by Crippen LogP contribution is -2.29. The van der Waals surface area contributed by atoms with Crippen molar-refractivity contribution in [2.45, 2.75) is 6.04 Å². The molecule has 4 aromatic rings. The second-order valence-electron chi connectivity index (χ2n) is 6.78. The third kappa shape index (κ3) is 2.84. The van der Waals surface area contributed by atoms with Crippen LogP contribution in [0.4, 0.5) is 5.69 Å². The van der Waals surface area contributed by atoms with Crippen molar-refractivity contribution in [3.63, 3.8) is 0 Å². The van der Waals surface area contributed by atoms with E-state index < -0.39 is 11.9 Å². The van der Waals surface area contributed by atoms with Crippen molar-refractivity contribution in [3.8, 4) is 0 Å². The van der Waals surface area contributed by atoms with Gasteiger partial charge < -0.3 is 4.42 Å². The lowest BCUT2D eigenvalue weighted by Gasteiger charge is -2.25. The predicted octanol–water partition coefficient (Wildman–Crippen LogP) is 5.85. The highest BCUT2D eigenvalue weighted by Gasteiger charge is 2.43. The number of benzene rings is 3. The van der Waals surface area contributed by atoms with E-state index in [9.17, 15) is 9.59 Å². The minimum Gasteiger partial charge on any atom is -0.450 e. The van der Waals surface area contributed by atoms with Crippen LogP contribution in [0.2, 0.25) is 10.0 Å². The average Bonchev–Trinajstić information content (AvgIpc) is 3.01. The van der Waals surface area contributed by atoms with Gasteiger partial charge in [0.15, 0.2) is 5.43 Å². The monoisotopic (exact) mass is 421 g/mol. The van der Waals surface area contributed by atoms with E-state index in [4.69, 9.17) is 27.6 Å². The Morgan fingerprint density at radius 2 is 1.55 bits per heavy atom. The van der Waals surface area contributed by atoms with Crippen LogP contribution in [-0.2, 0) is 0 Å². The van der Waals surface area contributed by atoms with Crippen molar-refractivity contribution in [1.82, 2.24) is 0 Å². The standard InChI is InChI=1S/C23H13Cl2NO3/c24-14-6-3-5-13(11-14)20-19-21(27)17-9-1-2-10-18(17)29-22(19)23(28)26(20)16-8-4-7-15(25)12-16/h1-12,20H. The van der Waals surface area contributed by atoms with Gasteiger partial charge in [0.25, 0.3) is 5.91 Å². The molecule has 1 aromatic heterocycles. The van der Waals surface area contributed by atoms with Gasteiger partial charge in [-0.3, -0.25) is 14.5 Å². The van der Waals surface area contributed by atoms with Crippen molar-refractivity contribution in [2.75, 3.05) is 4.90 Å². The molecule has 29 heavy (non-hydrogen) atoms. The summed E-state index contributed by atoms with van der Waals surface area (Å²) in [5.74, 6) is -0.353. The van der Waals surface area contributed by atoms with E-state index in [0.717, 1.165) is 0 Å². The Bertz CT molecular complexity index is 1350. The molecule has 142 valence electrons. The number of halogens is 2. The Balaban J connectivity index is 1.84. The van der Waals surface area contributed by atoms with E-state index in [-0.39, 0.29) is 11.2 Å². The van der Waals surface area contributed by atoms with E-state index >= 15 is 0 Å². The number of fused-ring (bicyclic) bond motifs is 2. The summed E-state index contributed by atoms with van der Waals surface area (Å²) in [6.45, 7) is 0. The Morgan fingerprint density at radius 1 is 0.828 bits per heavy atom. The van der Waals surface area contributed by atoms with E-state index in [1.807, 2.05) is 6.07 Å². The summed E-state index contributed by atoms with van der Waals surface area (Å²) in [5.41, 5.74) is 1.73. The smallest absolute Gasteiger partial charge is 0.295 e. The molecule has 0 fully saturated rings. The van der Waals surface area contributed by atoms with Gasteiger partial charge in [0.2, 0.25) is 5.76 Å². The molecule has 1 amide bonds. The zero-order valence-electron chi connectivity index (χ0n) is 14.9. The first-order chi connectivity index (χ1) is 14.0. The first kappa shape index (κ1) is 18.0. The summed E-state index contributed by atoms with van der Waals surface area (Å²) in [6.07, 6.45) is 0. The van der Waals surface area contributed by atoms with Crippen molar-refractivity contribution in [1.29, 1.82) is 0 Å². The van der Waals surface area contributed by atoms with Crippen LogP contribution in [0, 0.1) is 0 Å². The topological polar surface area (TPSA) is 50.5 Å². The van der Waals surface area contributed by atoms with Gasteiger partial charge >= 0.3 is 0 Å². The van der Waals surface area contributed by atoms with Crippen molar-refractivity contribution in [3.05, 3.63) is 110 Å². The number of rotatable bonds is 2. The van der Waals surface area contributed by atoms with Gasteiger partial charge in [-0.05, 0) is 48.0 Å². The molecule has 6 heteroatoms. The number of nitrogens with zero attached hydrogens (tertiary/aromatic N) is 1. The van der Waals surface area contributed by atoms with Crippen LogP contribution >= 0.6 is 23.2 Å². The van der Waals surface area contributed by atoms with Crippen LogP contribution in [-0.4, -0.2) is 5.91 Å². The average molecular weight is 422 g/mol. The summed E-state index contributed by atoms with van der Waals surface area (Å²) < 4.78 is 5.90. The highest BCUT2D eigenvalue weighted by atomic mass is 35.5. The lowest BCUT2D eigenvalue weighted by atomic mass is 9.98. The largest absolute Gasteiger partial charge is 0.450 e. The van der Waals surface area contributed by atoms with Gasteiger partial charge in [0.05, 0.1) is 17.0 Å². The molecular weight excluding hydrogens is 409 g/mol. The van der Waals surface area contributed by atoms with E-state index in [2.05, 4.69) is 0 Å². The normalized spacial score (nSPS) is 15.7. The van der Waals surface area contributed by atoms with Gasteiger partial charge in [-0.15, -0.1) is 0 Å². The summed E-state index contributed by atoms with van der Waals surface area (Å²) in [5, 5.41) is 1.43. The van der Waals surface area contributed by atoms with Crippen LogP contribution < -0.4 is 10.3 Å². The van der Waals surface area contributed by atoms with Crippen LogP contribution in [0.1, 0.15) is 27.7 Å². The molecule has 1 atom stereocenters. The molecule has 3 aromatic carbocycles. The Hall–Kier alpha value is -3.08. The summed E-state index contributed by atoms with van der Waals surface area (Å²) in [6, 6.07) is 20.3. The number of anilines is 1. The van der Waals surface area contributed by atoms with Gasteiger partial charge in [-0.25, -0.2) is 0 Å². The number of amides is 1. The molecule has 2 heterocycles. The minimum absolute atomic E-state index is 0.0404. The summed E-state index contributed by atoms with van der Waals surface area (Å²) >= 11 is 12.4. The van der Waals surface area contributed by atoms with Gasteiger partial charge in [-0.1, -0.05) is 53.5 Å². The summed E-state index contributed by atoms with van der Waals surface area (Å²) in [4.78, 5) is 28.3. The van der Waals surface area contributed by atoms with Crippen molar-refractivity contribution >= 4 is 45.8 Å². The maximum Gasteiger partial charge on any atom is 0.295 e. The lowest BCUT2D eigenvalue weighted by molar-refractivity contribution is 0.0971. The second kappa shape index (κ2) is 6.76. The molecule has 0 aliphatic carbocycles. The number of hydrogen-bond acceptors (Lipinski definition) is 3. The predicted molar refractivity (Wildman–Crippen MR) is 114 cm³/mol. The first-order valence-corrected chi connectivity index (χ1v) is 9.70.